The Morgan fingerprint density at radius 2 is 1.81 bits per heavy atom. The van der Waals surface area contributed by atoms with Crippen molar-refractivity contribution in [2.24, 2.45) is 11.8 Å². The predicted octanol–water partition coefficient (Wildman–Crippen LogP) is 2.10. The van der Waals surface area contributed by atoms with Crippen molar-refractivity contribution in [2.45, 2.75) is 18.4 Å². The Hall–Kier alpha value is -2.13. The molecule has 0 aliphatic carbocycles. The number of likely N-dealkylation sites (tertiary alicyclic amines) is 1. The van der Waals surface area contributed by atoms with Gasteiger partial charge in [-0.05, 0) is 6.07 Å². The van der Waals surface area contributed by atoms with E-state index in [2.05, 4.69) is 10.3 Å². The first kappa shape index (κ1) is 17.3. The molecule has 138 valence electrons. The average Bonchev–Trinajstić information content (AvgIpc) is 3.24. The summed E-state index contributed by atoms with van der Waals surface area (Å²) in [6.07, 6.45) is -0.978. The minimum Gasteiger partial charge on any atom is -0.367 e. The Balaban J connectivity index is 1.39. The van der Waals surface area contributed by atoms with E-state index in [9.17, 15) is 22.8 Å². The summed E-state index contributed by atoms with van der Waals surface area (Å²) in [5, 5.41) is 2.57. The predicted molar refractivity (Wildman–Crippen MR) is 84.2 cm³/mol. The van der Waals surface area contributed by atoms with Crippen molar-refractivity contribution in [3.63, 3.8) is 0 Å². The monoisotopic (exact) mass is 387 g/mol. The Bertz CT molecular complexity index is 784. The Morgan fingerprint density at radius 1 is 1.19 bits per heavy atom. The van der Waals surface area contributed by atoms with Crippen molar-refractivity contribution in [1.82, 2.24) is 9.88 Å². The van der Waals surface area contributed by atoms with Crippen LogP contribution in [0.5, 0.6) is 0 Å². The lowest BCUT2D eigenvalue weighted by Crippen LogP contribution is -2.37. The molecule has 1 N–H and O–H groups in total. The Morgan fingerprint density at radius 3 is 2.35 bits per heavy atom. The smallest absolute Gasteiger partial charge is 0.367 e. The summed E-state index contributed by atoms with van der Waals surface area (Å²) in [7, 11) is 0. The second-order valence-corrected chi connectivity index (χ2v) is 6.72. The number of ether oxygens (including phenoxy) is 1. The number of imide groups is 1. The van der Waals surface area contributed by atoms with Crippen LogP contribution in [-0.4, -0.2) is 47.0 Å². The summed E-state index contributed by atoms with van der Waals surface area (Å²) < 4.78 is 43.4. The van der Waals surface area contributed by atoms with E-state index in [1.165, 1.54) is 0 Å². The van der Waals surface area contributed by atoms with E-state index in [4.69, 9.17) is 16.3 Å². The first-order valence-electron chi connectivity index (χ1n) is 7.93. The number of nitrogens with one attached hydrogen (secondary N) is 1. The molecule has 4 heterocycles. The highest BCUT2D eigenvalue weighted by atomic mass is 35.5. The summed E-state index contributed by atoms with van der Waals surface area (Å²) >= 11 is 5.82. The molecule has 2 bridgehead atoms. The molecule has 26 heavy (non-hydrogen) atoms. The number of aromatic nitrogens is 1. The second kappa shape index (κ2) is 5.95. The maximum absolute atomic E-state index is 12.6. The fourth-order valence-corrected chi connectivity index (χ4v) is 3.83. The lowest BCUT2D eigenvalue weighted by atomic mass is 9.85. The Kier molecular flexibility index (Phi) is 3.96. The van der Waals surface area contributed by atoms with Gasteiger partial charge in [-0.15, -0.1) is 0 Å². The minimum absolute atomic E-state index is 0.0593. The summed E-state index contributed by atoms with van der Waals surface area (Å²) in [4.78, 5) is 29.7. The van der Waals surface area contributed by atoms with Crippen LogP contribution in [0.2, 0.25) is 5.02 Å². The van der Waals surface area contributed by atoms with Gasteiger partial charge in [-0.25, -0.2) is 4.98 Å². The highest BCUT2D eigenvalue weighted by Gasteiger charge is 2.60. The van der Waals surface area contributed by atoms with Crippen molar-refractivity contribution < 1.29 is 27.5 Å². The highest BCUT2D eigenvalue weighted by Crippen LogP contribution is 2.44. The number of fused-ring (bicyclic) bond motifs is 5. The molecular formula is C16H13ClF3N3O3. The van der Waals surface area contributed by atoms with Crippen LogP contribution >= 0.6 is 11.6 Å². The van der Waals surface area contributed by atoms with Gasteiger partial charge in [0.2, 0.25) is 11.8 Å². The van der Waals surface area contributed by atoms with E-state index in [1.807, 2.05) is 0 Å². The summed E-state index contributed by atoms with van der Waals surface area (Å²) in [6.45, 7) is 0.196. The largest absolute Gasteiger partial charge is 0.417 e. The van der Waals surface area contributed by atoms with Gasteiger partial charge < -0.3 is 10.1 Å². The molecule has 0 saturated carbocycles. The van der Waals surface area contributed by atoms with Gasteiger partial charge >= 0.3 is 6.18 Å². The number of rotatable bonds is 4. The van der Waals surface area contributed by atoms with Gasteiger partial charge in [0.15, 0.2) is 0 Å². The minimum atomic E-state index is -4.53. The number of halogens is 4. The molecule has 6 nitrogen and oxygen atoms in total. The molecule has 0 aromatic carbocycles. The molecule has 4 atom stereocenters. The molecule has 10 heteroatoms. The molecule has 0 radical (unpaired) electrons. The summed E-state index contributed by atoms with van der Waals surface area (Å²) in [6, 6.07) is 0.772. The quantitative estimate of drug-likeness (QED) is 0.633. The third-order valence-corrected chi connectivity index (χ3v) is 5.09. The number of carbonyl (C=O) groups excluding carboxylic acids is 2. The number of carbonyl (C=O) groups is 2. The lowest BCUT2D eigenvalue weighted by molar-refractivity contribution is -0.142. The van der Waals surface area contributed by atoms with E-state index in [0.29, 0.717) is 6.20 Å². The third-order valence-electron chi connectivity index (χ3n) is 4.80. The molecule has 2 amide bonds. The normalized spacial score (nSPS) is 29.6. The number of alkyl halides is 3. The topological polar surface area (TPSA) is 71.5 Å². The van der Waals surface area contributed by atoms with Gasteiger partial charge in [0.25, 0.3) is 0 Å². The van der Waals surface area contributed by atoms with Gasteiger partial charge in [0.1, 0.15) is 5.82 Å². The fourth-order valence-electron chi connectivity index (χ4n) is 3.59. The van der Waals surface area contributed by atoms with Crippen molar-refractivity contribution in [3.8, 4) is 0 Å². The second-order valence-electron chi connectivity index (χ2n) is 6.31. The zero-order chi connectivity index (χ0) is 18.6. The van der Waals surface area contributed by atoms with Crippen molar-refractivity contribution in [2.75, 3.05) is 18.4 Å². The zero-order valence-corrected chi connectivity index (χ0v) is 13.9. The molecule has 4 rings (SSSR count). The highest BCUT2D eigenvalue weighted by molar-refractivity contribution is 6.33. The number of hydrogen-bond donors (Lipinski definition) is 1. The van der Waals surface area contributed by atoms with E-state index in [-0.39, 0.29) is 48.0 Å². The maximum Gasteiger partial charge on any atom is 0.417 e. The first-order chi connectivity index (χ1) is 12.3. The molecule has 2 fully saturated rings. The lowest BCUT2D eigenvalue weighted by Gasteiger charge is -2.18. The van der Waals surface area contributed by atoms with Crippen LogP contribution in [0.25, 0.3) is 0 Å². The molecule has 0 unspecified atom stereocenters. The number of pyridine rings is 1. The standard InChI is InChI=1S/C16H13ClF3N3O3/c17-8-5-7(16(18,19)20)6-22-13(8)21-3-4-23-14(24)11-9-1-2-10(26-9)12(11)15(23)25/h1-2,5-6,9-12H,3-4H2,(H,21,22)/t9-,10-,11-,12+/m0/s1. The van der Waals surface area contributed by atoms with Crippen LogP contribution < -0.4 is 5.32 Å². The number of nitrogens with zero attached hydrogens (tertiary/aromatic N) is 2. The van der Waals surface area contributed by atoms with Crippen LogP contribution in [0, 0.1) is 11.8 Å². The molecule has 0 spiro atoms. The van der Waals surface area contributed by atoms with Crippen molar-refractivity contribution in [1.29, 1.82) is 0 Å². The van der Waals surface area contributed by atoms with Crippen LogP contribution in [-0.2, 0) is 20.5 Å². The first-order valence-corrected chi connectivity index (χ1v) is 8.31. The third kappa shape index (κ3) is 2.66. The Labute approximate surface area is 151 Å². The SMILES string of the molecule is O=C1[C@@H]2[C@H](C(=O)N1CCNc1ncc(C(F)(F)F)cc1Cl)[C@@H]1C=C[C@@H]2O1. The van der Waals surface area contributed by atoms with E-state index >= 15 is 0 Å². The van der Waals surface area contributed by atoms with Gasteiger partial charge in [-0.1, -0.05) is 23.8 Å². The van der Waals surface area contributed by atoms with E-state index in [1.54, 1.807) is 12.2 Å². The van der Waals surface area contributed by atoms with Gasteiger partial charge in [0.05, 0.1) is 34.6 Å². The molecule has 1 aromatic rings. The molecular weight excluding hydrogens is 375 g/mol. The fraction of sp³-hybridized carbons (Fsp3) is 0.438. The molecule has 1 aromatic heterocycles. The molecule has 3 aliphatic heterocycles. The van der Waals surface area contributed by atoms with Crippen molar-refractivity contribution in [3.05, 3.63) is 35.0 Å². The summed E-state index contributed by atoms with van der Waals surface area (Å²) in [5.41, 5.74) is -0.950. The van der Waals surface area contributed by atoms with Crippen molar-refractivity contribution >= 4 is 29.2 Å². The van der Waals surface area contributed by atoms with Gasteiger partial charge in [-0.3, -0.25) is 14.5 Å². The van der Waals surface area contributed by atoms with E-state index < -0.39 is 23.6 Å². The zero-order valence-electron chi connectivity index (χ0n) is 13.2. The van der Waals surface area contributed by atoms with Crippen LogP contribution in [0.1, 0.15) is 5.56 Å². The average molecular weight is 388 g/mol. The van der Waals surface area contributed by atoms with Crippen LogP contribution in [0.3, 0.4) is 0 Å². The molecule has 3 aliphatic rings. The number of hydrogen-bond acceptors (Lipinski definition) is 5. The summed E-state index contributed by atoms with van der Waals surface area (Å²) in [5.74, 6) is -1.48. The molecule has 2 saturated heterocycles. The van der Waals surface area contributed by atoms with Gasteiger partial charge in [0, 0.05) is 19.3 Å². The van der Waals surface area contributed by atoms with Crippen LogP contribution in [0.15, 0.2) is 24.4 Å². The van der Waals surface area contributed by atoms with Crippen LogP contribution in [0.4, 0.5) is 19.0 Å². The van der Waals surface area contributed by atoms with E-state index in [0.717, 1.165) is 11.0 Å². The van der Waals surface area contributed by atoms with Gasteiger partial charge in [-0.2, -0.15) is 13.2 Å². The number of amides is 2. The number of anilines is 1. The maximum atomic E-state index is 12.6.